The first-order valence-corrected chi connectivity index (χ1v) is 9.92. The van der Waals surface area contributed by atoms with E-state index in [0.29, 0.717) is 5.95 Å². The molecule has 9 heteroatoms. The van der Waals surface area contributed by atoms with Crippen molar-refractivity contribution < 1.29 is 0 Å². The molecule has 0 unspecified atom stereocenters. The molecule has 5 heterocycles. The molecule has 0 atom stereocenters. The first-order valence-electron chi connectivity index (χ1n) is 9.92. The van der Waals surface area contributed by atoms with Crippen molar-refractivity contribution in [3.8, 4) is 0 Å². The Balaban J connectivity index is 1.35. The fourth-order valence-electron chi connectivity index (χ4n) is 3.62. The molecule has 0 aliphatic carbocycles. The smallest absolute Gasteiger partial charge is 0.245 e. The number of hydrogen-bond acceptors (Lipinski definition) is 7. The molecule has 1 aliphatic rings. The Morgan fingerprint density at radius 2 is 2.00 bits per heavy atom. The molecule has 1 aliphatic heterocycles. The fourth-order valence-corrected chi connectivity index (χ4v) is 3.62. The Kier molecular flexibility index (Phi) is 4.55. The van der Waals surface area contributed by atoms with Crippen LogP contribution < -0.4 is 10.2 Å². The monoisotopic (exact) mass is 401 g/mol. The molecule has 9 nitrogen and oxygen atoms in total. The summed E-state index contributed by atoms with van der Waals surface area (Å²) in [6.45, 7) is 9.48. The van der Waals surface area contributed by atoms with E-state index >= 15 is 0 Å². The molecule has 0 aromatic carbocycles. The lowest BCUT2D eigenvalue weighted by molar-refractivity contribution is 0.364. The molecule has 0 radical (unpaired) electrons. The molecule has 30 heavy (non-hydrogen) atoms. The molecule has 0 spiro atoms. The average Bonchev–Trinajstić information content (AvgIpc) is 3.43. The summed E-state index contributed by atoms with van der Waals surface area (Å²) in [5.74, 6) is 2.16. The van der Waals surface area contributed by atoms with Gasteiger partial charge in [0.2, 0.25) is 5.95 Å². The molecule has 152 valence electrons. The van der Waals surface area contributed by atoms with Gasteiger partial charge in [-0.05, 0) is 31.2 Å². The van der Waals surface area contributed by atoms with Gasteiger partial charge in [0.1, 0.15) is 5.52 Å². The quantitative estimate of drug-likeness (QED) is 0.531. The SMILES string of the molecule is C=C(c1ccccn1)N1CCN(c2nc(Nc3cc(C)[nH]n3)c3cccn3n2)CC1. The predicted molar refractivity (Wildman–Crippen MR) is 117 cm³/mol. The van der Waals surface area contributed by atoms with E-state index in [1.165, 1.54) is 0 Å². The van der Waals surface area contributed by atoms with Crippen molar-refractivity contribution in [3.05, 3.63) is 66.8 Å². The number of H-pyrrole nitrogens is 1. The predicted octanol–water partition coefficient (Wildman–Crippen LogP) is 2.69. The van der Waals surface area contributed by atoms with Crippen molar-refractivity contribution in [3.63, 3.8) is 0 Å². The van der Waals surface area contributed by atoms with E-state index in [0.717, 1.165) is 60.4 Å². The number of aromatic nitrogens is 6. The van der Waals surface area contributed by atoms with Gasteiger partial charge < -0.3 is 15.1 Å². The van der Waals surface area contributed by atoms with Crippen LogP contribution >= 0.6 is 0 Å². The molecule has 1 saturated heterocycles. The van der Waals surface area contributed by atoms with E-state index in [9.17, 15) is 0 Å². The van der Waals surface area contributed by atoms with Crippen LogP contribution in [0.3, 0.4) is 0 Å². The maximum atomic E-state index is 4.81. The van der Waals surface area contributed by atoms with E-state index in [4.69, 9.17) is 10.1 Å². The summed E-state index contributed by atoms with van der Waals surface area (Å²) in [6.07, 6.45) is 3.73. The highest BCUT2D eigenvalue weighted by Crippen LogP contribution is 2.24. The van der Waals surface area contributed by atoms with Gasteiger partial charge in [-0.15, -0.1) is 5.10 Å². The van der Waals surface area contributed by atoms with Crippen LogP contribution in [-0.4, -0.2) is 60.9 Å². The van der Waals surface area contributed by atoms with Crippen molar-refractivity contribution in [2.24, 2.45) is 0 Å². The van der Waals surface area contributed by atoms with Crippen molar-refractivity contribution in [1.82, 2.24) is 34.7 Å². The number of aryl methyl sites for hydroxylation is 1. The molecule has 0 amide bonds. The van der Waals surface area contributed by atoms with E-state index < -0.39 is 0 Å². The van der Waals surface area contributed by atoms with Gasteiger partial charge in [-0.25, -0.2) is 4.52 Å². The third kappa shape index (κ3) is 3.45. The van der Waals surface area contributed by atoms with Crippen LogP contribution in [0, 0.1) is 6.92 Å². The van der Waals surface area contributed by atoms with Crippen LogP contribution in [-0.2, 0) is 0 Å². The van der Waals surface area contributed by atoms with E-state index in [1.807, 2.05) is 54.0 Å². The molecule has 4 aromatic heterocycles. The Labute approximate surface area is 174 Å². The Morgan fingerprint density at radius 1 is 1.13 bits per heavy atom. The van der Waals surface area contributed by atoms with Gasteiger partial charge in [0, 0.05) is 50.3 Å². The number of rotatable bonds is 5. The molecule has 0 saturated carbocycles. The highest BCUT2D eigenvalue weighted by atomic mass is 15.4. The van der Waals surface area contributed by atoms with Gasteiger partial charge in [0.05, 0.1) is 11.4 Å². The number of anilines is 3. The molecular formula is C21H23N9. The molecule has 0 bridgehead atoms. The van der Waals surface area contributed by atoms with Crippen LogP contribution in [0.1, 0.15) is 11.4 Å². The number of aromatic amines is 1. The number of nitrogens with zero attached hydrogens (tertiary/aromatic N) is 7. The summed E-state index contributed by atoms with van der Waals surface area (Å²) in [5, 5.41) is 15.2. The average molecular weight is 401 g/mol. The molecule has 4 aromatic rings. The van der Waals surface area contributed by atoms with Gasteiger partial charge in [-0.3, -0.25) is 10.1 Å². The van der Waals surface area contributed by atoms with Crippen molar-refractivity contribution in [1.29, 1.82) is 0 Å². The normalized spacial score (nSPS) is 14.3. The summed E-state index contributed by atoms with van der Waals surface area (Å²) in [6, 6.07) is 11.8. The summed E-state index contributed by atoms with van der Waals surface area (Å²) in [5.41, 5.74) is 3.76. The summed E-state index contributed by atoms with van der Waals surface area (Å²) in [4.78, 5) is 13.7. The van der Waals surface area contributed by atoms with E-state index in [2.05, 4.69) is 36.9 Å². The lowest BCUT2D eigenvalue weighted by Gasteiger charge is -2.36. The van der Waals surface area contributed by atoms with Gasteiger partial charge in [-0.2, -0.15) is 10.1 Å². The van der Waals surface area contributed by atoms with Gasteiger partial charge >= 0.3 is 0 Å². The maximum Gasteiger partial charge on any atom is 0.245 e. The molecular weight excluding hydrogens is 378 g/mol. The highest BCUT2D eigenvalue weighted by molar-refractivity contribution is 5.73. The number of fused-ring (bicyclic) bond motifs is 1. The van der Waals surface area contributed by atoms with Gasteiger partial charge in [-0.1, -0.05) is 12.6 Å². The highest BCUT2D eigenvalue weighted by Gasteiger charge is 2.22. The van der Waals surface area contributed by atoms with E-state index in [1.54, 1.807) is 6.20 Å². The van der Waals surface area contributed by atoms with Crippen LogP contribution in [0.4, 0.5) is 17.6 Å². The Hall–Kier alpha value is -3.88. The lowest BCUT2D eigenvalue weighted by atomic mass is 10.2. The van der Waals surface area contributed by atoms with E-state index in [-0.39, 0.29) is 0 Å². The zero-order valence-electron chi connectivity index (χ0n) is 16.8. The third-order valence-electron chi connectivity index (χ3n) is 5.24. The Bertz CT molecular complexity index is 1170. The zero-order chi connectivity index (χ0) is 20.5. The van der Waals surface area contributed by atoms with Gasteiger partial charge in [0.25, 0.3) is 0 Å². The summed E-state index contributed by atoms with van der Waals surface area (Å²) >= 11 is 0. The van der Waals surface area contributed by atoms with Crippen molar-refractivity contribution >= 4 is 28.8 Å². The fraction of sp³-hybridized carbons (Fsp3) is 0.238. The first kappa shape index (κ1) is 18.2. The summed E-state index contributed by atoms with van der Waals surface area (Å²) < 4.78 is 1.85. The lowest BCUT2D eigenvalue weighted by Crippen LogP contribution is -2.46. The number of hydrogen-bond donors (Lipinski definition) is 2. The minimum atomic E-state index is 0.691. The minimum Gasteiger partial charge on any atom is -0.367 e. The van der Waals surface area contributed by atoms with Crippen molar-refractivity contribution in [2.45, 2.75) is 6.92 Å². The second-order valence-electron chi connectivity index (χ2n) is 7.30. The second kappa shape index (κ2) is 7.51. The second-order valence-corrected chi connectivity index (χ2v) is 7.30. The molecule has 5 rings (SSSR count). The topological polar surface area (TPSA) is 90.3 Å². The molecule has 2 N–H and O–H groups in total. The van der Waals surface area contributed by atoms with Crippen LogP contribution in [0.2, 0.25) is 0 Å². The maximum absolute atomic E-state index is 4.81. The van der Waals surface area contributed by atoms with Crippen molar-refractivity contribution in [2.75, 3.05) is 36.4 Å². The minimum absolute atomic E-state index is 0.691. The summed E-state index contributed by atoms with van der Waals surface area (Å²) in [7, 11) is 0. The first-order chi connectivity index (χ1) is 14.7. The Morgan fingerprint density at radius 3 is 2.73 bits per heavy atom. The number of piperazine rings is 1. The standard InChI is InChI=1S/C21H23N9/c1-15-14-19(26-25-15)23-20-18-7-5-9-30(18)27-21(24-20)29-12-10-28(11-13-29)16(2)17-6-3-4-8-22-17/h3-9,14H,2,10-13H2,1H3,(H2,23,24,25,26,27). The number of nitrogens with one attached hydrogen (secondary N) is 2. The zero-order valence-corrected chi connectivity index (χ0v) is 16.8. The molecule has 1 fully saturated rings. The third-order valence-corrected chi connectivity index (χ3v) is 5.24. The number of pyridine rings is 1. The van der Waals surface area contributed by atoms with Crippen LogP contribution in [0.25, 0.3) is 11.2 Å². The van der Waals surface area contributed by atoms with Crippen LogP contribution in [0.5, 0.6) is 0 Å². The van der Waals surface area contributed by atoms with Crippen LogP contribution in [0.15, 0.2) is 55.4 Å². The largest absolute Gasteiger partial charge is 0.367 e. The van der Waals surface area contributed by atoms with Gasteiger partial charge in [0.15, 0.2) is 11.6 Å².